The normalized spacial score (nSPS) is 17.0. The Morgan fingerprint density at radius 1 is 1.32 bits per heavy atom. The summed E-state index contributed by atoms with van der Waals surface area (Å²) in [5.41, 5.74) is 1.95. The molecule has 0 saturated carbocycles. The quantitative estimate of drug-likeness (QED) is 0.764. The molecule has 0 aliphatic carbocycles. The van der Waals surface area contributed by atoms with Crippen molar-refractivity contribution in [2.24, 2.45) is 0 Å². The van der Waals surface area contributed by atoms with Crippen LogP contribution in [-0.2, 0) is 11.3 Å². The highest BCUT2D eigenvalue weighted by Gasteiger charge is 2.17. The van der Waals surface area contributed by atoms with Gasteiger partial charge in [0.25, 0.3) is 0 Å². The molecule has 1 amide bonds. The standard InChI is InChI=1S/C14H18N6O.ClH/c21-13(8-12-2-1-7-15-12)16-9-10-3-5-11(6-4-10)14-17-19-20-18-14;/h3-6,12,15H,1-2,7-9H2,(H,16,21)(H,17,18,19,20);1H. The van der Waals surface area contributed by atoms with Crippen LogP contribution in [0.2, 0.25) is 0 Å². The minimum atomic E-state index is 0. The highest BCUT2D eigenvalue weighted by molar-refractivity contribution is 5.85. The van der Waals surface area contributed by atoms with E-state index in [-0.39, 0.29) is 18.3 Å². The number of nitrogens with zero attached hydrogens (tertiary/aromatic N) is 3. The molecule has 8 heteroatoms. The van der Waals surface area contributed by atoms with Crippen molar-refractivity contribution in [1.29, 1.82) is 0 Å². The third-order valence-electron chi connectivity index (χ3n) is 3.64. The van der Waals surface area contributed by atoms with Crippen molar-refractivity contribution in [2.45, 2.75) is 31.8 Å². The maximum atomic E-state index is 11.8. The van der Waals surface area contributed by atoms with Crippen LogP contribution in [0.15, 0.2) is 24.3 Å². The fourth-order valence-electron chi connectivity index (χ4n) is 2.48. The number of amides is 1. The van der Waals surface area contributed by atoms with Gasteiger partial charge >= 0.3 is 0 Å². The van der Waals surface area contributed by atoms with Gasteiger partial charge in [0.2, 0.25) is 11.7 Å². The molecule has 22 heavy (non-hydrogen) atoms. The molecule has 0 bridgehead atoms. The van der Waals surface area contributed by atoms with Crippen LogP contribution in [0.1, 0.15) is 24.8 Å². The summed E-state index contributed by atoms with van der Waals surface area (Å²) in [6, 6.07) is 8.10. The number of rotatable bonds is 5. The zero-order valence-electron chi connectivity index (χ0n) is 12.1. The van der Waals surface area contributed by atoms with E-state index >= 15 is 0 Å². The fourth-order valence-corrected chi connectivity index (χ4v) is 2.48. The summed E-state index contributed by atoms with van der Waals surface area (Å²) in [6.45, 7) is 1.56. The topological polar surface area (TPSA) is 95.6 Å². The van der Waals surface area contributed by atoms with Crippen molar-refractivity contribution in [3.8, 4) is 11.4 Å². The average molecular weight is 323 g/mol. The third-order valence-corrected chi connectivity index (χ3v) is 3.64. The first kappa shape index (κ1) is 16.4. The average Bonchev–Trinajstić information content (AvgIpc) is 3.19. The smallest absolute Gasteiger partial charge is 0.221 e. The molecule has 1 aromatic carbocycles. The molecule has 3 N–H and O–H groups in total. The van der Waals surface area contributed by atoms with Gasteiger partial charge in [-0.2, -0.15) is 5.21 Å². The summed E-state index contributed by atoms with van der Waals surface area (Å²) in [5.74, 6) is 0.662. The summed E-state index contributed by atoms with van der Waals surface area (Å²) in [6.07, 6.45) is 2.81. The van der Waals surface area contributed by atoms with Crippen molar-refractivity contribution in [1.82, 2.24) is 31.3 Å². The molecule has 2 heterocycles. The maximum absolute atomic E-state index is 11.8. The number of aromatic amines is 1. The minimum Gasteiger partial charge on any atom is -0.352 e. The molecule has 1 atom stereocenters. The number of hydrogen-bond acceptors (Lipinski definition) is 5. The lowest BCUT2D eigenvalue weighted by Crippen LogP contribution is -2.31. The van der Waals surface area contributed by atoms with Gasteiger partial charge in [-0.25, -0.2) is 0 Å². The molecule has 7 nitrogen and oxygen atoms in total. The van der Waals surface area contributed by atoms with Crippen molar-refractivity contribution in [3.05, 3.63) is 29.8 Å². The lowest BCUT2D eigenvalue weighted by molar-refractivity contribution is -0.121. The van der Waals surface area contributed by atoms with E-state index in [1.54, 1.807) is 0 Å². The van der Waals surface area contributed by atoms with Crippen LogP contribution < -0.4 is 10.6 Å². The largest absolute Gasteiger partial charge is 0.352 e. The number of H-pyrrole nitrogens is 1. The lowest BCUT2D eigenvalue weighted by atomic mass is 10.1. The second kappa shape index (κ2) is 7.86. The molecule has 1 fully saturated rings. The second-order valence-corrected chi connectivity index (χ2v) is 5.21. The van der Waals surface area contributed by atoms with Gasteiger partial charge < -0.3 is 10.6 Å². The molecule has 1 aliphatic heterocycles. The van der Waals surface area contributed by atoms with Gasteiger partial charge in [0, 0.05) is 24.6 Å². The van der Waals surface area contributed by atoms with Crippen LogP contribution in [0, 0.1) is 0 Å². The molecular formula is C14H19ClN6O. The predicted octanol–water partition coefficient (Wildman–Crippen LogP) is 1.05. The van der Waals surface area contributed by atoms with E-state index in [4.69, 9.17) is 0 Å². The van der Waals surface area contributed by atoms with E-state index in [0.29, 0.717) is 24.8 Å². The van der Waals surface area contributed by atoms with Crippen molar-refractivity contribution >= 4 is 18.3 Å². The van der Waals surface area contributed by atoms with Gasteiger partial charge in [0.15, 0.2) is 0 Å². The Kier molecular flexibility index (Phi) is 5.85. The van der Waals surface area contributed by atoms with E-state index in [1.165, 1.54) is 0 Å². The van der Waals surface area contributed by atoms with Gasteiger partial charge in [0.1, 0.15) is 0 Å². The van der Waals surface area contributed by atoms with Gasteiger partial charge in [0.05, 0.1) is 0 Å². The van der Waals surface area contributed by atoms with Gasteiger partial charge in [-0.3, -0.25) is 4.79 Å². The SMILES string of the molecule is Cl.O=C(CC1CCCN1)NCc1ccc(-c2nn[nH]n2)cc1. The van der Waals surface area contributed by atoms with Gasteiger partial charge in [-0.05, 0) is 30.2 Å². The molecule has 1 unspecified atom stereocenters. The number of aromatic nitrogens is 4. The first-order chi connectivity index (χ1) is 10.3. The van der Waals surface area contributed by atoms with E-state index in [0.717, 1.165) is 30.5 Å². The van der Waals surface area contributed by atoms with Gasteiger partial charge in [-0.15, -0.1) is 22.6 Å². The molecule has 1 aromatic heterocycles. The summed E-state index contributed by atoms with van der Waals surface area (Å²) in [5, 5.41) is 20.1. The zero-order valence-corrected chi connectivity index (χ0v) is 12.9. The Hall–Kier alpha value is -1.99. The molecule has 0 radical (unpaired) electrons. The maximum Gasteiger partial charge on any atom is 0.221 e. The number of carbonyl (C=O) groups excluding carboxylic acids is 1. The first-order valence-electron chi connectivity index (χ1n) is 7.14. The van der Waals surface area contributed by atoms with Crippen LogP contribution in [0.25, 0.3) is 11.4 Å². The molecule has 2 aromatic rings. The Balaban J connectivity index is 0.00000176. The Morgan fingerprint density at radius 3 is 2.77 bits per heavy atom. The molecular weight excluding hydrogens is 304 g/mol. The van der Waals surface area contributed by atoms with Crippen molar-refractivity contribution in [3.63, 3.8) is 0 Å². The van der Waals surface area contributed by atoms with E-state index < -0.39 is 0 Å². The summed E-state index contributed by atoms with van der Waals surface area (Å²) < 4.78 is 0. The molecule has 1 saturated heterocycles. The number of benzene rings is 1. The number of tetrazole rings is 1. The highest BCUT2D eigenvalue weighted by Crippen LogP contribution is 2.14. The van der Waals surface area contributed by atoms with Crippen molar-refractivity contribution in [2.75, 3.05) is 6.54 Å². The summed E-state index contributed by atoms with van der Waals surface area (Å²) in [7, 11) is 0. The summed E-state index contributed by atoms with van der Waals surface area (Å²) in [4.78, 5) is 11.8. The van der Waals surface area contributed by atoms with Gasteiger partial charge in [-0.1, -0.05) is 24.3 Å². The lowest BCUT2D eigenvalue weighted by Gasteiger charge is -2.10. The number of carbonyl (C=O) groups is 1. The van der Waals surface area contributed by atoms with E-state index in [2.05, 4.69) is 31.3 Å². The van der Waals surface area contributed by atoms with Crippen LogP contribution in [0.3, 0.4) is 0 Å². The Labute approximate surface area is 134 Å². The Bertz CT molecular complexity index is 580. The number of halogens is 1. The van der Waals surface area contributed by atoms with Crippen molar-refractivity contribution < 1.29 is 4.79 Å². The summed E-state index contributed by atoms with van der Waals surface area (Å²) >= 11 is 0. The first-order valence-corrected chi connectivity index (χ1v) is 7.14. The van der Waals surface area contributed by atoms with Crippen LogP contribution in [-0.4, -0.2) is 39.1 Å². The minimum absolute atomic E-state index is 0. The molecule has 3 rings (SSSR count). The van der Waals surface area contributed by atoms with Crippen LogP contribution in [0.4, 0.5) is 0 Å². The highest BCUT2D eigenvalue weighted by atomic mass is 35.5. The second-order valence-electron chi connectivity index (χ2n) is 5.21. The predicted molar refractivity (Wildman–Crippen MR) is 84.4 cm³/mol. The molecule has 1 aliphatic rings. The third kappa shape index (κ3) is 4.25. The number of hydrogen-bond donors (Lipinski definition) is 3. The number of nitrogens with one attached hydrogen (secondary N) is 3. The van der Waals surface area contributed by atoms with Crippen LogP contribution in [0.5, 0.6) is 0 Å². The molecule has 0 spiro atoms. The fraction of sp³-hybridized carbons (Fsp3) is 0.429. The monoisotopic (exact) mass is 322 g/mol. The molecule has 118 valence electrons. The van der Waals surface area contributed by atoms with E-state index in [9.17, 15) is 4.79 Å². The van der Waals surface area contributed by atoms with Crippen LogP contribution >= 0.6 is 12.4 Å². The van der Waals surface area contributed by atoms with E-state index in [1.807, 2.05) is 24.3 Å². The zero-order chi connectivity index (χ0) is 14.5. The Morgan fingerprint density at radius 2 is 2.14 bits per heavy atom.